The average molecular weight is 531 g/mol. The molecule has 0 aliphatic rings. The first kappa shape index (κ1) is 14.4. The smallest absolute Gasteiger partial charge is 0 e. The van der Waals surface area contributed by atoms with Crippen molar-refractivity contribution in [2.75, 3.05) is 0 Å². The van der Waals surface area contributed by atoms with Crippen LogP contribution in [0, 0.1) is 0 Å². The molecule has 0 saturated heterocycles. The molecule has 0 aromatic carbocycles. The van der Waals surface area contributed by atoms with E-state index in [0.29, 0.717) is 0 Å². The summed E-state index contributed by atoms with van der Waals surface area (Å²) in [5.41, 5.74) is 0. The van der Waals surface area contributed by atoms with E-state index in [1.807, 2.05) is 0 Å². The molecule has 0 atom stereocenters. The molecule has 0 aromatic rings. The fourth-order valence-corrected chi connectivity index (χ4v) is 13.2. The van der Waals surface area contributed by atoms with Crippen LogP contribution in [-0.4, -0.2) is 48.5 Å². The van der Waals surface area contributed by atoms with Crippen molar-refractivity contribution in [3.63, 3.8) is 0 Å². The van der Waals surface area contributed by atoms with Crippen molar-refractivity contribution in [1.29, 1.82) is 0 Å². The van der Waals surface area contributed by atoms with Crippen molar-refractivity contribution >= 4 is 48.5 Å². The Balaban J connectivity index is 0. The Morgan fingerprint density at radius 3 is 0.900 bits per heavy atom. The molecule has 0 saturated carbocycles. The summed E-state index contributed by atoms with van der Waals surface area (Å²) in [6, 6.07) is 0. The van der Waals surface area contributed by atoms with E-state index in [4.69, 9.17) is 0 Å². The molecule has 0 aliphatic carbocycles. The second-order valence-electron chi connectivity index (χ2n) is 2.91. The molecule has 0 bridgehead atoms. The van der Waals surface area contributed by atoms with Crippen LogP contribution in [0.1, 0.15) is 27.7 Å². The zero-order valence-corrected chi connectivity index (χ0v) is 15.6. The fourth-order valence-electron chi connectivity index (χ4n) is 1.50. The molecule has 0 fully saturated rings. The van der Waals surface area contributed by atoms with Crippen LogP contribution in [0.3, 0.4) is 0 Å². The molecule has 0 aliphatic heterocycles. The molecule has 2 heteroatoms. The van der Waals surface area contributed by atoms with Crippen LogP contribution in [0.15, 0.2) is 0 Å². The maximum atomic E-state index is 2.40. The van der Waals surface area contributed by atoms with Gasteiger partial charge >= 0.3 is 64.8 Å². The molecule has 0 N–H and O–H groups in total. The molecule has 0 nitrogen and oxygen atoms in total. The Morgan fingerprint density at radius 1 is 0.700 bits per heavy atom. The summed E-state index contributed by atoms with van der Waals surface area (Å²) in [5, 5.41) is 0. The summed E-state index contributed by atoms with van der Waals surface area (Å²) < 4.78 is 6.26. The van der Waals surface area contributed by atoms with Gasteiger partial charge in [-0.25, -0.2) is 0 Å². The van der Waals surface area contributed by atoms with Crippen LogP contribution in [0.25, 0.3) is 0 Å². The zero-order chi connectivity index (χ0) is 7.33. The van der Waals surface area contributed by atoms with Gasteiger partial charge in [0.05, 0.1) is 0 Å². The van der Waals surface area contributed by atoms with E-state index < -0.39 is 21.2 Å². The van der Waals surface area contributed by atoms with Crippen molar-refractivity contribution in [1.82, 2.24) is 0 Å². The maximum absolute atomic E-state index is 2.40. The van der Waals surface area contributed by atoms with Gasteiger partial charge in [0.2, 0.25) is 0 Å². The van der Waals surface area contributed by atoms with Gasteiger partial charge < -0.3 is 0 Å². The monoisotopic (exact) mass is 532 g/mol. The van der Waals surface area contributed by atoms with Crippen LogP contribution < -0.4 is 0 Å². The quantitative estimate of drug-likeness (QED) is 0.490. The fraction of sp³-hybridized carbons (Fsp3) is 1.00. The molecular weight excluding hydrogens is 510 g/mol. The Labute approximate surface area is 91.0 Å². The van der Waals surface area contributed by atoms with Crippen LogP contribution in [0.2, 0.25) is 15.9 Å². The minimum atomic E-state index is -1.51. The summed E-state index contributed by atoms with van der Waals surface area (Å²) in [4.78, 5) is 0. The second kappa shape index (κ2) is 7.49. The minimum Gasteiger partial charge on any atom is 0 e. The normalized spacial score (nSPS) is 10.8. The molecule has 0 aromatic heterocycles. The molecule has 60 valence electrons. The largest absolute Gasteiger partial charge is 0 e. The first-order valence-electron chi connectivity index (χ1n) is 4.24. The third-order valence-electron chi connectivity index (χ3n) is 3.00. The van der Waals surface area contributed by atoms with Gasteiger partial charge in [0.15, 0.2) is 0 Å². The van der Waals surface area contributed by atoms with Gasteiger partial charge in [-0.1, -0.05) is 0 Å². The molecule has 10 heavy (non-hydrogen) atoms. The molecule has 0 spiro atoms. The molecule has 0 rings (SSSR count). The van der Waals surface area contributed by atoms with E-state index in [1.165, 1.54) is 0 Å². The Kier molecular flexibility index (Phi) is 10.8. The topological polar surface area (TPSA) is 0 Å². The maximum Gasteiger partial charge on any atom is 0 e. The third-order valence-corrected chi connectivity index (χ3v) is 26.3. The molecule has 0 amide bonds. The summed E-state index contributed by atoms with van der Waals surface area (Å²) in [5.74, 6) is 0. The van der Waals surface area contributed by atoms with Crippen molar-refractivity contribution in [2.24, 2.45) is 0 Å². The molecule has 0 heterocycles. The molecule has 0 unspecified atom stereocenters. The van der Waals surface area contributed by atoms with Crippen LogP contribution in [0.5, 0.6) is 0 Å². The van der Waals surface area contributed by atoms with Crippen molar-refractivity contribution in [3.05, 3.63) is 0 Å². The standard InChI is InChI=1S/4C2H5.2Pb/c4*1-2;;/h4*1H2,2H3;;. The Hall–Kier alpha value is 1.84. The van der Waals surface area contributed by atoms with Gasteiger partial charge in [0.1, 0.15) is 0 Å². The second-order valence-corrected chi connectivity index (χ2v) is 25.6. The van der Waals surface area contributed by atoms with Gasteiger partial charge in [-0.3, -0.25) is 0 Å². The predicted octanol–water partition coefficient (Wildman–Crippen LogP) is 3.13. The predicted molar refractivity (Wildman–Crippen MR) is 53.4 cm³/mol. The van der Waals surface area contributed by atoms with Gasteiger partial charge in [0.25, 0.3) is 0 Å². The first-order chi connectivity index (χ1) is 4.24. The van der Waals surface area contributed by atoms with Crippen LogP contribution in [-0.2, 0) is 0 Å². The van der Waals surface area contributed by atoms with Crippen LogP contribution in [0.4, 0.5) is 0 Å². The minimum absolute atomic E-state index is 0. The first-order valence-corrected chi connectivity index (χ1v) is 15.2. The van der Waals surface area contributed by atoms with Gasteiger partial charge in [-0.15, -0.1) is 0 Å². The average Bonchev–Trinajstić information content (AvgIpc) is 1.95. The van der Waals surface area contributed by atoms with Gasteiger partial charge in [0, 0.05) is 27.3 Å². The van der Waals surface area contributed by atoms with E-state index in [9.17, 15) is 0 Å². The van der Waals surface area contributed by atoms with E-state index >= 15 is 0 Å². The number of hydrogen-bond donors (Lipinski definition) is 0. The summed E-state index contributed by atoms with van der Waals surface area (Å²) in [6.45, 7) is 9.60. The van der Waals surface area contributed by atoms with Crippen molar-refractivity contribution in [3.8, 4) is 0 Å². The van der Waals surface area contributed by atoms with E-state index in [0.717, 1.165) is 0 Å². The van der Waals surface area contributed by atoms with E-state index in [1.54, 1.807) is 15.9 Å². The summed E-state index contributed by atoms with van der Waals surface area (Å²) in [7, 11) is 0. The third kappa shape index (κ3) is 4.02. The van der Waals surface area contributed by atoms with E-state index in [2.05, 4.69) is 27.7 Å². The van der Waals surface area contributed by atoms with Crippen molar-refractivity contribution < 1.29 is 0 Å². The number of rotatable bonds is 4. The number of hydrogen-bond acceptors (Lipinski definition) is 0. The Morgan fingerprint density at radius 2 is 0.900 bits per heavy atom. The van der Waals surface area contributed by atoms with Crippen molar-refractivity contribution in [2.45, 2.75) is 43.6 Å². The summed E-state index contributed by atoms with van der Waals surface area (Å²) >= 11 is -1.51. The summed E-state index contributed by atoms with van der Waals surface area (Å²) in [6.07, 6.45) is 0. The Bertz CT molecular complexity index is 50.1. The van der Waals surface area contributed by atoms with E-state index in [-0.39, 0.29) is 27.3 Å². The van der Waals surface area contributed by atoms with Gasteiger partial charge in [-0.2, -0.15) is 0 Å². The van der Waals surface area contributed by atoms with Gasteiger partial charge in [-0.05, 0) is 0 Å². The van der Waals surface area contributed by atoms with Crippen LogP contribution >= 0.6 is 0 Å². The zero-order valence-electron chi connectivity index (χ0n) is 7.83. The molecule has 4 radical (unpaired) electrons. The SMILES string of the molecule is C[CH2][Pb]([CH2]C)([CH2]C)[CH2]C.[Pb]. The molecular formula is C8H20Pb2.